The van der Waals surface area contributed by atoms with Crippen molar-refractivity contribution >= 4 is 56.7 Å². The molecule has 2 spiro atoms. The van der Waals surface area contributed by atoms with Crippen molar-refractivity contribution in [1.29, 1.82) is 0 Å². The average molecular weight is 830 g/mol. The number of para-hydroxylation sites is 1. The molecule has 0 amide bonds. The van der Waals surface area contributed by atoms with E-state index in [1.54, 1.807) is 0 Å². The van der Waals surface area contributed by atoms with Crippen LogP contribution in [0.2, 0.25) is 0 Å². The Bertz CT molecular complexity index is 3520. The SMILES string of the molecule is CC1(C)c2ccccc2C2(c3ccccc3N(c3ccc4c(c3)[Si]3(c5ccccc5-c5ccccc53)c3ccc5ccccc5c3-4)c3ccc(-c4ccccc4)cc32)c2ccccc21. The Kier molecular flexibility index (Phi) is 7.19. The van der Waals surface area contributed by atoms with Gasteiger partial charge in [-0.3, -0.25) is 0 Å². The van der Waals surface area contributed by atoms with E-state index in [0.29, 0.717) is 0 Å². The van der Waals surface area contributed by atoms with E-state index in [1.807, 2.05) is 0 Å². The van der Waals surface area contributed by atoms with E-state index < -0.39 is 13.5 Å². The number of hydrogen-bond donors (Lipinski definition) is 0. The lowest BCUT2D eigenvalue weighted by Crippen LogP contribution is -2.70. The second-order valence-corrected chi connectivity index (χ2v) is 22.4. The Morgan fingerprint density at radius 2 is 0.938 bits per heavy atom. The first kappa shape index (κ1) is 36.0. The van der Waals surface area contributed by atoms with E-state index in [0.717, 1.165) is 0 Å². The summed E-state index contributed by atoms with van der Waals surface area (Å²) < 4.78 is 0. The van der Waals surface area contributed by atoms with Crippen LogP contribution in [0.15, 0.2) is 224 Å². The van der Waals surface area contributed by atoms with Gasteiger partial charge in [0.15, 0.2) is 8.07 Å². The van der Waals surface area contributed by atoms with Gasteiger partial charge in [-0.25, -0.2) is 0 Å². The Hall–Kier alpha value is -7.52. The van der Waals surface area contributed by atoms with Crippen LogP contribution >= 0.6 is 0 Å². The van der Waals surface area contributed by atoms with Crippen molar-refractivity contribution in [2.75, 3.05) is 4.90 Å². The van der Waals surface area contributed by atoms with Crippen LogP contribution in [-0.4, -0.2) is 8.07 Å². The summed E-state index contributed by atoms with van der Waals surface area (Å²) in [5.41, 5.74) is 18.9. The zero-order valence-corrected chi connectivity index (χ0v) is 36.8. The fourth-order valence-electron chi connectivity index (χ4n) is 13.0. The van der Waals surface area contributed by atoms with Gasteiger partial charge in [-0.05, 0) is 129 Å². The second kappa shape index (κ2) is 12.8. The minimum atomic E-state index is -2.78. The quantitative estimate of drug-likeness (QED) is 0.157. The lowest BCUT2D eigenvalue weighted by molar-refractivity contribution is 0.556. The van der Waals surface area contributed by atoms with Gasteiger partial charge in [0.1, 0.15) is 0 Å². The Balaban J connectivity index is 1.10. The largest absolute Gasteiger partial charge is 0.310 e. The van der Waals surface area contributed by atoms with Gasteiger partial charge in [0.05, 0.1) is 16.8 Å². The van der Waals surface area contributed by atoms with E-state index in [-0.39, 0.29) is 5.41 Å². The topological polar surface area (TPSA) is 3.24 Å². The van der Waals surface area contributed by atoms with Crippen molar-refractivity contribution in [3.05, 3.63) is 258 Å². The molecule has 1 nitrogen and oxygen atoms in total. The molecule has 0 unspecified atom stereocenters. The molecule has 0 N–H and O–H groups in total. The summed E-state index contributed by atoms with van der Waals surface area (Å²) in [4.78, 5) is 2.60. The molecule has 3 heterocycles. The highest BCUT2D eigenvalue weighted by atomic mass is 28.3. The van der Waals surface area contributed by atoms with Gasteiger partial charge in [0.2, 0.25) is 0 Å². The molecule has 0 saturated carbocycles. The summed E-state index contributed by atoms with van der Waals surface area (Å²) in [5.74, 6) is 0. The zero-order chi connectivity index (χ0) is 42.4. The van der Waals surface area contributed by atoms with Gasteiger partial charge in [-0.2, -0.15) is 0 Å². The van der Waals surface area contributed by atoms with Crippen LogP contribution in [0, 0.1) is 0 Å². The number of benzene rings is 10. The maximum atomic E-state index is 2.62. The highest BCUT2D eigenvalue weighted by Crippen LogP contribution is 2.63. The summed E-state index contributed by atoms with van der Waals surface area (Å²) >= 11 is 0. The van der Waals surface area contributed by atoms with Crippen molar-refractivity contribution in [2.45, 2.75) is 24.7 Å². The van der Waals surface area contributed by atoms with E-state index in [2.05, 4.69) is 243 Å². The number of nitrogens with zero attached hydrogens (tertiary/aromatic N) is 1. The standard InChI is InChI=1S/C62H43NSi/c1-61(2)48-24-10-12-26-50(48)62(51-27-13-11-25-49(51)61)52-28-14-15-29-54(52)63(55-36-32-42(38-53(55)62)40-18-4-3-5-19-40)43-34-35-47-59(39-43)64(58-37-33-41-20-6-7-21-44(41)60(47)58)56-30-16-8-22-45(56)46-23-9-17-31-57(46)64/h3-39H,1-2H3. The molecule has 4 aliphatic rings. The highest BCUT2D eigenvalue weighted by molar-refractivity contribution is 7.24. The molecule has 0 saturated heterocycles. The lowest BCUT2D eigenvalue weighted by atomic mass is 9.53. The molecule has 0 bridgehead atoms. The Labute approximate surface area is 375 Å². The Morgan fingerprint density at radius 3 is 1.66 bits per heavy atom. The van der Waals surface area contributed by atoms with Crippen LogP contribution < -0.4 is 25.6 Å². The normalized spacial score (nSPS) is 15.7. The monoisotopic (exact) mass is 829 g/mol. The van der Waals surface area contributed by atoms with E-state index in [9.17, 15) is 0 Å². The number of rotatable bonds is 2. The fraction of sp³-hybridized carbons (Fsp3) is 0.0645. The number of anilines is 3. The lowest BCUT2D eigenvalue weighted by Gasteiger charge is -2.52. The minimum absolute atomic E-state index is 0.187. The molecule has 64 heavy (non-hydrogen) atoms. The minimum Gasteiger partial charge on any atom is -0.310 e. The molecule has 10 aromatic carbocycles. The van der Waals surface area contributed by atoms with Gasteiger partial charge in [0.25, 0.3) is 0 Å². The van der Waals surface area contributed by atoms with Crippen molar-refractivity contribution in [3.8, 4) is 33.4 Å². The van der Waals surface area contributed by atoms with Crippen LogP contribution in [-0.2, 0) is 10.8 Å². The van der Waals surface area contributed by atoms with Crippen LogP contribution in [0.1, 0.15) is 47.2 Å². The maximum absolute atomic E-state index is 2.78. The first-order chi connectivity index (χ1) is 31.5. The molecule has 0 radical (unpaired) electrons. The third kappa shape index (κ3) is 4.34. The predicted octanol–water partition coefficient (Wildman–Crippen LogP) is 12.7. The first-order valence-corrected chi connectivity index (χ1v) is 24.7. The van der Waals surface area contributed by atoms with Gasteiger partial charge in [-0.15, -0.1) is 0 Å². The fourth-order valence-corrected chi connectivity index (χ4v) is 18.6. The second-order valence-electron chi connectivity index (χ2n) is 18.7. The van der Waals surface area contributed by atoms with Crippen molar-refractivity contribution in [1.82, 2.24) is 0 Å². The van der Waals surface area contributed by atoms with Crippen molar-refractivity contribution in [2.24, 2.45) is 0 Å². The van der Waals surface area contributed by atoms with Crippen LogP contribution in [0.5, 0.6) is 0 Å². The van der Waals surface area contributed by atoms with E-state index >= 15 is 0 Å². The first-order valence-electron chi connectivity index (χ1n) is 22.7. The van der Waals surface area contributed by atoms with Gasteiger partial charge >= 0.3 is 0 Å². The molecule has 2 heteroatoms. The maximum Gasteiger partial charge on any atom is 0.182 e. The van der Waals surface area contributed by atoms with Gasteiger partial charge in [-0.1, -0.05) is 208 Å². The van der Waals surface area contributed by atoms with Crippen LogP contribution in [0.3, 0.4) is 0 Å². The number of fused-ring (bicyclic) bond motifs is 20. The van der Waals surface area contributed by atoms with E-state index in [4.69, 9.17) is 0 Å². The molecule has 300 valence electrons. The molecular formula is C62H43NSi. The molecule has 3 aliphatic heterocycles. The van der Waals surface area contributed by atoms with Crippen molar-refractivity contribution < 1.29 is 0 Å². The molecular weight excluding hydrogens is 787 g/mol. The molecule has 1 aliphatic carbocycles. The van der Waals surface area contributed by atoms with Crippen LogP contribution in [0.4, 0.5) is 17.1 Å². The third-order valence-corrected chi connectivity index (χ3v) is 20.5. The zero-order valence-electron chi connectivity index (χ0n) is 35.8. The number of hydrogen-bond acceptors (Lipinski definition) is 1. The van der Waals surface area contributed by atoms with E-state index in [1.165, 1.54) is 115 Å². The van der Waals surface area contributed by atoms with Gasteiger partial charge in [0, 0.05) is 11.1 Å². The Morgan fingerprint density at radius 1 is 0.359 bits per heavy atom. The van der Waals surface area contributed by atoms with Gasteiger partial charge < -0.3 is 4.90 Å². The summed E-state index contributed by atoms with van der Waals surface area (Å²) in [7, 11) is -2.78. The molecule has 10 aromatic rings. The highest BCUT2D eigenvalue weighted by Gasteiger charge is 2.56. The molecule has 0 fully saturated rings. The van der Waals surface area contributed by atoms with Crippen molar-refractivity contribution in [3.63, 3.8) is 0 Å². The average Bonchev–Trinajstić information content (AvgIpc) is 3.83. The molecule has 0 aromatic heterocycles. The summed E-state index contributed by atoms with van der Waals surface area (Å²) in [6, 6.07) is 86.0. The summed E-state index contributed by atoms with van der Waals surface area (Å²) in [6.07, 6.45) is 0. The summed E-state index contributed by atoms with van der Waals surface area (Å²) in [6.45, 7) is 4.81. The third-order valence-electron chi connectivity index (χ3n) is 15.5. The predicted molar refractivity (Wildman–Crippen MR) is 270 cm³/mol. The summed E-state index contributed by atoms with van der Waals surface area (Å²) in [5, 5.41) is 8.59. The molecule has 14 rings (SSSR count). The van der Waals surface area contributed by atoms with Crippen LogP contribution in [0.25, 0.3) is 44.2 Å². The smallest absolute Gasteiger partial charge is 0.182 e. The molecule has 0 atom stereocenters.